The molecule has 1 aliphatic rings. The smallest absolute Gasteiger partial charge is 0.123 e. The number of benzene rings is 1. The molecule has 0 saturated carbocycles. The van der Waals surface area contributed by atoms with E-state index >= 15 is 0 Å². The number of nitrogens with one attached hydrogen (secondary N) is 1. The number of halogens is 1. The Morgan fingerprint density at radius 2 is 2.35 bits per heavy atom. The zero-order chi connectivity index (χ0) is 12.5. The molecule has 1 aromatic rings. The van der Waals surface area contributed by atoms with Gasteiger partial charge in [-0.25, -0.2) is 4.39 Å². The lowest BCUT2D eigenvalue weighted by molar-refractivity contribution is 0.0880. The van der Waals surface area contributed by atoms with E-state index in [2.05, 4.69) is 12.2 Å². The summed E-state index contributed by atoms with van der Waals surface area (Å²) in [6.45, 7) is 5.28. The van der Waals surface area contributed by atoms with Gasteiger partial charge in [-0.3, -0.25) is 0 Å². The molecule has 94 valence electrons. The molecule has 2 atom stereocenters. The number of rotatable bonds is 3. The summed E-state index contributed by atoms with van der Waals surface area (Å²) in [5.41, 5.74) is 0.462. The van der Waals surface area contributed by atoms with E-state index < -0.39 is 0 Å². The first-order valence-electron chi connectivity index (χ1n) is 5.85. The lowest BCUT2D eigenvalue weighted by Crippen LogP contribution is -2.47. The van der Waals surface area contributed by atoms with Crippen molar-refractivity contribution in [3.63, 3.8) is 0 Å². The second kappa shape index (κ2) is 4.63. The minimum absolute atomic E-state index is 0.112. The topological polar surface area (TPSA) is 41.5 Å². The molecule has 1 fully saturated rings. The van der Waals surface area contributed by atoms with Crippen LogP contribution in [0, 0.1) is 5.82 Å². The van der Waals surface area contributed by atoms with Crippen molar-refractivity contribution < 1.29 is 14.2 Å². The van der Waals surface area contributed by atoms with Crippen LogP contribution in [-0.2, 0) is 11.3 Å². The molecule has 4 heteroatoms. The van der Waals surface area contributed by atoms with Gasteiger partial charge in [-0.15, -0.1) is 0 Å². The molecule has 0 amide bonds. The molecule has 0 aliphatic carbocycles. The van der Waals surface area contributed by atoms with Crippen molar-refractivity contribution in [3.05, 3.63) is 29.6 Å². The quantitative estimate of drug-likeness (QED) is 0.849. The minimum Gasteiger partial charge on any atom is -0.508 e. The molecule has 17 heavy (non-hydrogen) atoms. The molecular weight excluding hydrogens is 221 g/mol. The second-order valence-corrected chi connectivity index (χ2v) is 4.81. The highest BCUT2D eigenvalue weighted by atomic mass is 19.1. The van der Waals surface area contributed by atoms with Crippen molar-refractivity contribution >= 4 is 0 Å². The molecule has 2 unspecified atom stereocenters. The molecule has 0 radical (unpaired) electrons. The number of phenols is 1. The van der Waals surface area contributed by atoms with Crippen LogP contribution in [0.5, 0.6) is 5.75 Å². The molecule has 2 rings (SSSR count). The molecule has 0 aromatic heterocycles. The first-order valence-corrected chi connectivity index (χ1v) is 5.85. The van der Waals surface area contributed by atoms with Gasteiger partial charge in [0.05, 0.1) is 6.10 Å². The highest BCUT2D eigenvalue weighted by Crippen LogP contribution is 2.26. The highest BCUT2D eigenvalue weighted by Gasteiger charge is 2.36. The number of hydrogen-bond donors (Lipinski definition) is 2. The monoisotopic (exact) mass is 239 g/mol. The molecule has 1 aromatic carbocycles. The largest absolute Gasteiger partial charge is 0.508 e. The van der Waals surface area contributed by atoms with Gasteiger partial charge in [0.1, 0.15) is 11.6 Å². The standard InChI is InChI=1S/C13H18FNO2/c1-9-13(2,5-6-17-9)15-8-10-7-11(14)3-4-12(10)16/h3-4,7,9,15-16H,5-6,8H2,1-2H3. The maximum atomic E-state index is 13.1. The van der Waals surface area contributed by atoms with E-state index in [1.54, 1.807) is 0 Å². The van der Waals surface area contributed by atoms with Crippen molar-refractivity contribution in [2.24, 2.45) is 0 Å². The van der Waals surface area contributed by atoms with Crippen LogP contribution in [-0.4, -0.2) is 23.4 Å². The van der Waals surface area contributed by atoms with E-state index in [0.29, 0.717) is 12.1 Å². The Kier molecular flexibility index (Phi) is 3.35. The number of hydrogen-bond acceptors (Lipinski definition) is 3. The number of ether oxygens (including phenoxy) is 1. The zero-order valence-electron chi connectivity index (χ0n) is 10.2. The van der Waals surface area contributed by atoms with E-state index in [1.165, 1.54) is 18.2 Å². The second-order valence-electron chi connectivity index (χ2n) is 4.81. The SMILES string of the molecule is CC1OCCC1(C)NCc1cc(F)ccc1O. The van der Waals surface area contributed by atoms with Gasteiger partial charge < -0.3 is 15.2 Å². The van der Waals surface area contributed by atoms with Gasteiger partial charge in [0.2, 0.25) is 0 Å². The molecule has 0 spiro atoms. The molecular formula is C13H18FNO2. The van der Waals surface area contributed by atoms with Crippen molar-refractivity contribution in [1.29, 1.82) is 0 Å². The van der Waals surface area contributed by atoms with E-state index in [1.807, 2.05) is 6.92 Å². The maximum absolute atomic E-state index is 13.1. The fourth-order valence-electron chi connectivity index (χ4n) is 2.06. The van der Waals surface area contributed by atoms with Crippen molar-refractivity contribution in [2.75, 3.05) is 6.61 Å². The molecule has 0 bridgehead atoms. The summed E-state index contributed by atoms with van der Waals surface area (Å²) < 4.78 is 18.6. The number of phenolic OH excluding ortho intramolecular Hbond substituents is 1. The van der Waals surface area contributed by atoms with Crippen LogP contribution in [0.15, 0.2) is 18.2 Å². The van der Waals surface area contributed by atoms with Gasteiger partial charge >= 0.3 is 0 Å². The zero-order valence-corrected chi connectivity index (χ0v) is 10.2. The Balaban J connectivity index is 2.04. The average molecular weight is 239 g/mol. The lowest BCUT2D eigenvalue weighted by atomic mass is 9.94. The third-order valence-corrected chi connectivity index (χ3v) is 3.61. The highest BCUT2D eigenvalue weighted by molar-refractivity contribution is 5.32. The molecule has 2 N–H and O–H groups in total. The summed E-state index contributed by atoms with van der Waals surface area (Å²) in [7, 11) is 0. The Morgan fingerprint density at radius 3 is 3.00 bits per heavy atom. The maximum Gasteiger partial charge on any atom is 0.123 e. The lowest BCUT2D eigenvalue weighted by Gasteiger charge is -2.29. The predicted molar refractivity (Wildman–Crippen MR) is 63.3 cm³/mol. The van der Waals surface area contributed by atoms with Crippen molar-refractivity contribution in [3.8, 4) is 5.75 Å². The van der Waals surface area contributed by atoms with Crippen LogP contribution in [0.1, 0.15) is 25.8 Å². The summed E-state index contributed by atoms with van der Waals surface area (Å²) >= 11 is 0. The van der Waals surface area contributed by atoms with Gasteiger partial charge in [-0.05, 0) is 38.5 Å². The fraction of sp³-hybridized carbons (Fsp3) is 0.538. The summed E-state index contributed by atoms with van der Waals surface area (Å²) in [5, 5.41) is 13.0. The fourth-order valence-corrected chi connectivity index (χ4v) is 2.06. The van der Waals surface area contributed by atoms with Gasteiger partial charge in [-0.1, -0.05) is 0 Å². The van der Waals surface area contributed by atoms with Crippen LogP contribution >= 0.6 is 0 Å². The Labute approximate surface area is 101 Å². The van der Waals surface area contributed by atoms with Crippen LogP contribution in [0.25, 0.3) is 0 Å². The molecule has 1 heterocycles. The van der Waals surface area contributed by atoms with E-state index in [4.69, 9.17) is 4.74 Å². The van der Waals surface area contributed by atoms with E-state index in [0.717, 1.165) is 13.0 Å². The summed E-state index contributed by atoms with van der Waals surface area (Å²) in [4.78, 5) is 0. The molecule has 1 saturated heterocycles. The van der Waals surface area contributed by atoms with Crippen molar-refractivity contribution in [1.82, 2.24) is 5.32 Å². The van der Waals surface area contributed by atoms with E-state index in [-0.39, 0.29) is 23.2 Å². The Morgan fingerprint density at radius 1 is 1.59 bits per heavy atom. The average Bonchev–Trinajstić information content (AvgIpc) is 2.61. The van der Waals surface area contributed by atoms with Gasteiger partial charge in [0, 0.05) is 24.3 Å². The predicted octanol–water partition coefficient (Wildman–Crippen LogP) is 2.19. The summed E-state index contributed by atoms with van der Waals surface area (Å²) in [5.74, 6) is -0.213. The first-order chi connectivity index (χ1) is 8.01. The van der Waals surface area contributed by atoms with Crippen LogP contribution < -0.4 is 5.32 Å². The van der Waals surface area contributed by atoms with Gasteiger partial charge in [0.25, 0.3) is 0 Å². The van der Waals surface area contributed by atoms with Crippen LogP contribution in [0.2, 0.25) is 0 Å². The third-order valence-electron chi connectivity index (χ3n) is 3.61. The van der Waals surface area contributed by atoms with E-state index in [9.17, 15) is 9.50 Å². The molecule has 3 nitrogen and oxygen atoms in total. The third kappa shape index (κ3) is 2.58. The first kappa shape index (κ1) is 12.3. The number of aromatic hydroxyl groups is 1. The summed E-state index contributed by atoms with van der Waals surface area (Å²) in [6, 6.07) is 3.98. The Bertz CT molecular complexity index is 410. The van der Waals surface area contributed by atoms with Gasteiger partial charge in [0.15, 0.2) is 0 Å². The molecule has 1 aliphatic heterocycles. The van der Waals surface area contributed by atoms with Crippen LogP contribution in [0.4, 0.5) is 4.39 Å². The van der Waals surface area contributed by atoms with Crippen molar-refractivity contribution in [2.45, 2.75) is 38.5 Å². The minimum atomic E-state index is -0.333. The van der Waals surface area contributed by atoms with Crippen LogP contribution in [0.3, 0.4) is 0 Å². The normalized spacial score (nSPS) is 28.5. The Hall–Kier alpha value is -1.13. The van der Waals surface area contributed by atoms with Gasteiger partial charge in [-0.2, -0.15) is 0 Å². The summed E-state index contributed by atoms with van der Waals surface area (Å²) in [6.07, 6.45) is 1.04.